The van der Waals surface area contributed by atoms with Crippen molar-refractivity contribution in [3.05, 3.63) is 36.0 Å². The quantitative estimate of drug-likeness (QED) is 0.369. The zero-order chi connectivity index (χ0) is 14.3. The largest absolute Gasteiger partial charge is 0.495 e. The fraction of sp³-hybridized carbons (Fsp3) is 0.286. The normalized spacial score (nSPS) is 10.8. The van der Waals surface area contributed by atoms with Gasteiger partial charge in [0.25, 0.3) is 0 Å². The van der Waals surface area contributed by atoms with Crippen molar-refractivity contribution in [2.24, 2.45) is 0 Å². The van der Waals surface area contributed by atoms with Crippen molar-refractivity contribution < 1.29 is 19.1 Å². The van der Waals surface area contributed by atoms with Crippen molar-refractivity contribution in [3.8, 4) is 5.75 Å². The summed E-state index contributed by atoms with van der Waals surface area (Å²) in [7, 11) is 1.54. The van der Waals surface area contributed by atoms with Crippen LogP contribution in [0.1, 0.15) is 13.8 Å². The maximum Gasteiger partial charge on any atom is 0.343 e. The first kappa shape index (κ1) is 14.8. The number of nitrogens with one attached hydrogen (secondary N) is 1. The first-order valence-electron chi connectivity index (χ1n) is 5.88. The van der Waals surface area contributed by atoms with E-state index in [1.54, 1.807) is 26.2 Å². The van der Waals surface area contributed by atoms with Crippen molar-refractivity contribution in [2.75, 3.05) is 19.0 Å². The van der Waals surface area contributed by atoms with Gasteiger partial charge in [0.1, 0.15) is 11.3 Å². The fourth-order valence-corrected chi connectivity index (χ4v) is 1.43. The summed E-state index contributed by atoms with van der Waals surface area (Å²) in [5, 5.41) is 2.88. The number of anilines is 1. The van der Waals surface area contributed by atoms with Crippen LogP contribution in [-0.4, -0.2) is 25.5 Å². The molecule has 0 heterocycles. The molecule has 0 atom stereocenters. The summed E-state index contributed by atoms with van der Waals surface area (Å²) in [5.41, 5.74) is 0.626. The molecular formula is C14H17NO4. The Bertz CT molecular complexity index is 494. The third-order valence-corrected chi connectivity index (χ3v) is 2.35. The van der Waals surface area contributed by atoms with E-state index in [1.807, 2.05) is 12.1 Å². The van der Waals surface area contributed by atoms with Gasteiger partial charge in [-0.15, -0.1) is 0 Å². The second-order valence-electron chi connectivity index (χ2n) is 3.68. The number of hydrogen-bond donors (Lipinski definition) is 1. The number of carbonyl (C=O) groups excluding carboxylic acids is 2. The van der Waals surface area contributed by atoms with Gasteiger partial charge in [-0.05, 0) is 26.0 Å². The molecule has 0 unspecified atom stereocenters. The van der Waals surface area contributed by atoms with Crippen molar-refractivity contribution >= 4 is 17.4 Å². The van der Waals surface area contributed by atoms with Crippen molar-refractivity contribution in [3.63, 3.8) is 0 Å². The van der Waals surface area contributed by atoms with Crippen LogP contribution in [-0.2, 0) is 14.3 Å². The molecule has 1 aromatic rings. The molecule has 0 aromatic heterocycles. The van der Waals surface area contributed by atoms with Crippen molar-refractivity contribution in [1.29, 1.82) is 0 Å². The third kappa shape index (κ3) is 4.13. The summed E-state index contributed by atoms with van der Waals surface area (Å²) < 4.78 is 9.96. The highest BCUT2D eigenvalue weighted by atomic mass is 16.5. The van der Waals surface area contributed by atoms with Gasteiger partial charge in [-0.2, -0.15) is 0 Å². The highest BCUT2D eigenvalue weighted by Crippen LogP contribution is 2.23. The molecule has 102 valence electrons. The standard InChI is InChI=1S/C14H17NO4/c1-4-19-14(17)11(10(2)16)9-15-12-7-5-6-8-13(12)18-3/h5-9,15H,4H2,1-3H3. The Hall–Kier alpha value is -2.30. The Labute approximate surface area is 112 Å². The molecule has 1 N–H and O–H groups in total. The number of rotatable bonds is 6. The monoisotopic (exact) mass is 263 g/mol. The van der Waals surface area contributed by atoms with Gasteiger partial charge in [-0.25, -0.2) is 4.79 Å². The van der Waals surface area contributed by atoms with Crippen molar-refractivity contribution in [1.82, 2.24) is 0 Å². The molecule has 0 amide bonds. The molecule has 0 saturated carbocycles. The lowest BCUT2D eigenvalue weighted by Crippen LogP contribution is -2.15. The number of Topliss-reactive ketones (excluding diaryl/α,β-unsaturated/α-hetero) is 1. The zero-order valence-electron chi connectivity index (χ0n) is 11.2. The number of carbonyl (C=O) groups is 2. The molecule has 1 aromatic carbocycles. The summed E-state index contributed by atoms with van der Waals surface area (Å²) >= 11 is 0. The Morgan fingerprint density at radius 3 is 2.58 bits per heavy atom. The van der Waals surface area contributed by atoms with Gasteiger partial charge in [0.2, 0.25) is 0 Å². The summed E-state index contributed by atoms with van der Waals surface area (Å²) in [4.78, 5) is 23.0. The molecule has 5 heteroatoms. The van der Waals surface area contributed by atoms with Crippen molar-refractivity contribution in [2.45, 2.75) is 13.8 Å². The predicted octanol–water partition coefficient (Wildman–Crippen LogP) is 2.14. The number of esters is 1. The summed E-state index contributed by atoms with van der Waals surface area (Å²) in [6.45, 7) is 3.22. The Balaban J connectivity index is 2.92. The van der Waals surface area contributed by atoms with Gasteiger partial charge in [0, 0.05) is 6.20 Å². The lowest BCUT2D eigenvalue weighted by molar-refractivity contribution is -0.139. The molecule has 0 radical (unpaired) electrons. The first-order chi connectivity index (χ1) is 9.10. The Morgan fingerprint density at radius 2 is 2.00 bits per heavy atom. The van der Waals surface area contributed by atoms with E-state index in [1.165, 1.54) is 13.1 Å². The number of hydrogen-bond acceptors (Lipinski definition) is 5. The molecule has 0 aliphatic heterocycles. The van der Waals surface area contributed by atoms with E-state index in [9.17, 15) is 9.59 Å². The van der Waals surface area contributed by atoms with Gasteiger partial charge in [0.15, 0.2) is 5.78 Å². The van der Waals surface area contributed by atoms with Crippen LogP contribution in [0.25, 0.3) is 0 Å². The average Bonchev–Trinajstić information content (AvgIpc) is 2.39. The average molecular weight is 263 g/mol. The lowest BCUT2D eigenvalue weighted by Gasteiger charge is -2.09. The van der Waals surface area contributed by atoms with Crippen LogP contribution in [0.4, 0.5) is 5.69 Å². The number of benzene rings is 1. The smallest absolute Gasteiger partial charge is 0.343 e. The van der Waals surface area contributed by atoms with Crippen LogP contribution in [0.5, 0.6) is 5.75 Å². The molecule has 0 aliphatic carbocycles. The molecule has 0 spiro atoms. The summed E-state index contributed by atoms with van der Waals surface area (Å²) in [6, 6.07) is 7.19. The van der Waals surface area contributed by atoms with E-state index in [0.717, 1.165) is 0 Å². The van der Waals surface area contributed by atoms with Gasteiger partial charge in [-0.1, -0.05) is 12.1 Å². The van der Waals surface area contributed by atoms with Gasteiger partial charge in [-0.3, -0.25) is 4.79 Å². The van der Waals surface area contributed by atoms with E-state index >= 15 is 0 Å². The van der Waals surface area contributed by atoms with Gasteiger partial charge in [0.05, 0.1) is 19.4 Å². The predicted molar refractivity (Wildman–Crippen MR) is 72.0 cm³/mol. The highest BCUT2D eigenvalue weighted by molar-refractivity contribution is 6.16. The SMILES string of the molecule is CCOC(=O)C(=CNc1ccccc1OC)C(C)=O. The number of para-hydroxylation sites is 2. The maximum atomic E-state index is 11.6. The van der Waals surface area contributed by atoms with E-state index in [-0.39, 0.29) is 18.0 Å². The molecule has 0 fully saturated rings. The second kappa shape index (κ2) is 7.20. The minimum absolute atomic E-state index is 0.0345. The Kier molecular flexibility index (Phi) is 5.60. The van der Waals surface area contributed by atoms with Gasteiger partial charge >= 0.3 is 5.97 Å². The van der Waals surface area contributed by atoms with Crippen LogP contribution in [0.15, 0.2) is 36.0 Å². The van der Waals surface area contributed by atoms with Crippen LogP contribution < -0.4 is 10.1 Å². The molecular weight excluding hydrogens is 246 g/mol. The van der Waals surface area contributed by atoms with E-state index in [0.29, 0.717) is 11.4 Å². The number of methoxy groups -OCH3 is 1. The molecule has 0 aliphatic rings. The number of ketones is 1. The minimum atomic E-state index is -0.641. The van der Waals surface area contributed by atoms with Crippen LogP contribution >= 0.6 is 0 Å². The topological polar surface area (TPSA) is 64.6 Å². The third-order valence-electron chi connectivity index (χ3n) is 2.35. The highest BCUT2D eigenvalue weighted by Gasteiger charge is 2.15. The fourth-order valence-electron chi connectivity index (χ4n) is 1.43. The maximum absolute atomic E-state index is 11.6. The summed E-state index contributed by atoms with van der Waals surface area (Å²) in [6.07, 6.45) is 1.33. The van der Waals surface area contributed by atoms with E-state index < -0.39 is 5.97 Å². The summed E-state index contributed by atoms with van der Waals surface area (Å²) in [5.74, 6) is -0.385. The number of ether oxygens (including phenoxy) is 2. The zero-order valence-corrected chi connectivity index (χ0v) is 11.2. The van der Waals surface area contributed by atoms with E-state index in [2.05, 4.69) is 5.32 Å². The first-order valence-corrected chi connectivity index (χ1v) is 5.88. The molecule has 1 rings (SSSR count). The molecule has 5 nitrogen and oxygen atoms in total. The second-order valence-corrected chi connectivity index (χ2v) is 3.68. The Morgan fingerprint density at radius 1 is 1.32 bits per heavy atom. The van der Waals surface area contributed by atoms with Gasteiger partial charge < -0.3 is 14.8 Å². The van der Waals surface area contributed by atoms with E-state index in [4.69, 9.17) is 9.47 Å². The van der Waals surface area contributed by atoms with Crippen LogP contribution in [0.3, 0.4) is 0 Å². The van der Waals surface area contributed by atoms with Crippen LogP contribution in [0.2, 0.25) is 0 Å². The lowest BCUT2D eigenvalue weighted by atomic mass is 10.2. The minimum Gasteiger partial charge on any atom is -0.495 e. The molecule has 19 heavy (non-hydrogen) atoms. The molecule has 0 saturated heterocycles. The van der Waals surface area contributed by atoms with Crippen LogP contribution in [0, 0.1) is 0 Å². The molecule has 0 bridgehead atoms.